The zero-order valence-corrected chi connectivity index (χ0v) is 15.8. The van der Waals surface area contributed by atoms with Crippen LogP contribution in [0.4, 0.5) is 0 Å². The van der Waals surface area contributed by atoms with Crippen molar-refractivity contribution in [3.8, 4) is 0 Å². The van der Waals surface area contributed by atoms with Crippen LogP contribution in [0.5, 0.6) is 0 Å². The van der Waals surface area contributed by atoms with Crippen LogP contribution >= 0.6 is 0 Å². The van der Waals surface area contributed by atoms with E-state index in [0.717, 1.165) is 32.3 Å². The van der Waals surface area contributed by atoms with Crippen LogP contribution < -0.4 is 0 Å². The number of aliphatic hydroxyl groups excluding tert-OH is 1. The maximum Gasteiger partial charge on any atom is 0.344 e. The molecule has 7 nitrogen and oxygen atoms in total. The predicted octanol–water partition coefficient (Wildman–Crippen LogP) is 2.98. The van der Waals surface area contributed by atoms with Crippen LogP contribution in [0.25, 0.3) is 0 Å². The molecule has 0 fully saturated rings. The molecule has 0 aromatic carbocycles. The van der Waals surface area contributed by atoms with Gasteiger partial charge in [-0.2, -0.15) is 0 Å². The molecule has 0 bridgehead atoms. The minimum Gasteiger partial charge on any atom is -0.502 e. The van der Waals surface area contributed by atoms with Crippen LogP contribution in [0, 0.1) is 0 Å². The summed E-state index contributed by atoms with van der Waals surface area (Å²) in [4.78, 5) is 20.9. The molecule has 0 saturated carbocycles. The van der Waals surface area contributed by atoms with E-state index < -0.39 is 12.6 Å². The molecule has 0 unspecified atom stereocenters. The van der Waals surface area contributed by atoms with Gasteiger partial charge < -0.3 is 24.1 Å². The lowest BCUT2D eigenvalue weighted by Crippen LogP contribution is -2.11. The van der Waals surface area contributed by atoms with Gasteiger partial charge in [-0.1, -0.05) is 39.8 Å². The Balaban J connectivity index is -0.000000311. The first-order valence-corrected chi connectivity index (χ1v) is 8.40. The number of carbonyl (C=O) groups excluding carboxylic acids is 2. The normalized spacial score (nSPS) is 8.48. The van der Waals surface area contributed by atoms with Gasteiger partial charge in [-0.3, -0.25) is 0 Å². The van der Waals surface area contributed by atoms with E-state index in [1.54, 1.807) is 0 Å². The third kappa shape index (κ3) is 34.4. The maximum absolute atomic E-state index is 10.7. The van der Waals surface area contributed by atoms with Gasteiger partial charge in [0, 0.05) is 0 Å². The number of rotatable bonds is 12. The molecule has 0 amide bonds. The van der Waals surface area contributed by atoms with Gasteiger partial charge in [0.25, 0.3) is 0 Å². The summed E-state index contributed by atoms with van der Waals surface area (Å²) in [6, 6.07) is 0. The number of hydrogen-bond acceptors (Lipinski definition) is 7. The molecule has 148 valence electrons. The molecule has 0 rings (SSSR count). The van der Waals surface area contributed by atoms with E-state index in [-0.39, 0.29) is 12.6 Å². The minimum absolute atomic E-state index is 0.0345. The van der Waals surface area contributed by atoms with Crippen molar-refractivity contribution in [2.75, 3.05) is 33.0 Å². The Morgan fingerprint density at radius 1 is 0.880 bits per heavy atom. The highest BCUT2D eigenvalue weighted by Crippen LogP contribution is 1.89. The maximum atomic E-state index is 10.7. The zero-order valence-electron chi connectivity index (χ0n) is 15.8. The van der Waals surface area contributed by atoms with Crippen LogP contribution in [0.2, 0.25) is 0 Å². The molecule has 0 aliphatic rings. The Morgan fingerprint density at radius 2 is 1.36 bits per heavy atom. The van der Waals surface area contributed by atoms with Gasteiger partial charge in [-0.05, 0) is 19.8 Å². The van der Waals surface area contributed by atoms with Crippen molar-refractivity contribution in [1.29, 1.82) is 0 Å². The number of ether oxygens (including phenoxy) is 4. The zero-order chi connectivity index (χ0) is 19.8. The van der Waals surface area contributed by atoms with E-state index in [4.69, 9.17) is 9.84 Å². The molecule has 0 heterocycles. The first-order valence-electron chi connectivity index (χ1n) is 8.40. The second-order valence-electron chi connectivity index (χ2n) is 4.41. The molecular formula is C18H34O7. The number of hydrogen-bond donors (Lipinski definition) is 1. The summed E-state index contributed by atoms with van der Waals surface area (Å²) < 4.78 is 18.5. The van der Waals surface area contributed by atoms with Gasteiger partial charge >= 0.3 is 11.9 Å². The van der Waals surface area contributed by atoms with Crippen molar-refractivity contribution in [2.45, 2.75) is 46.5 Å². The van der Waals surface area contributed by atoms with E-state index in [2.05, 4.69) is 27.4 Å². The highest BCUT2D eigenvalue weighted by molar-refractivity contribution is 5.70. The van der Waals surface area contributed by atoms with Crippen molar-refractivity contribution in [3.05, 3.63) is 25.7 Å². The molecule has 7 heteroatoms. The third-order valence-corrected chi connectivity index (χ3v) is 2.25. The van der Waals surface area contributed by atoms with E-state index >= 15 is 0 Å². The average molecular weight is 362 g/mol. The standard InChI is InChI=1S/C8H14O3.C6H12O3.C4H8O/c1-3-5-6-11-8(9)7-10-4-2;1-2-3-4-9-6(8)5-7;1-3-5-4-2/h4H,2-3,5-7H2,1H3;7H,2-5H2,1H3;3H,1,4H2,2H3. The average Bonchev–Trinajstić information content (AvgIpc) is 2.62. The lowest BCUT2D eigenvalue weighted by Gasteiger charge is -2.02. The topological polar surface area (TPSA) is 91.3 Å². The van der Waals surface area contributed by atoms with Gasteiger partial charge in [0.05, 0.1) is 32.3 Å². The van der Waals surface area contributed by atoms with Gasteiger partial charge in [-0.25, -0.2) is 9.59 Å². The van der Waals surface area contributed by atoms with E-state index in [9.17, 15) is 9.59 Å². The molecular weight excluding hydrogens is 328 g/mol. The number of unbranched alkanes of at least 4 members (excludes halogenated alkanes) is 2. The van der Waals surface area contributed by atoms with Gasteiger partial charge in [0.15, 0.2) is 6.61 Å². The van der Waals surface area contributed by atoms with Crippen molar-refractivity contribution in [3.63, 3.8) is 0 Å². The third-order valence-electron chi connectivity index (χ3n) is 2.25. The molecule has 0 aliphatic carbocycles. The van der Waals surface area contributed by atoms with Crippen LogP contribution in [0.3, 0.4) is 0 Å². The van der Waals surface area contributed by atoms with Gasteiger partial charge in [-0.15, -0.1) is 0 Å². The first-order chi connectivity index (χ1) is 12.0. The van der Waals surface area contributed by atoms with Crippen LogP contribution in [-0.2, 0) is 28.5 Å². The summed E-state index contributed by atoms with van der Waals surface area (Å²) in [6.07, 6.45) is 6.45. The van der Waals surface area contributed by atoms with Gasteiger partial charge in [0.2, 0.25) is 0 Å². The monoisotopic (exact) mass is 362 g/mol. The summed E-state index contributed by atoms with van der Waals surface area (Å²) >= 11 is 0. The fourth-order valence-electron chi connectivity index (χ4n) is 0.993. The minimum atomic E-state index is -0.538. The molecule has 1 N–H and O–H groups in total. The largest absolute Gasteiger partial charge is 0.502 e. The Hall–Kier alpha value is -2.02. The molecule has 0 saturated heterocycles. The number of carbonyl (C=O) groups is 2. The van der Waals surface area contributed by atoms with Crippen molar-refractivity contribution >= 4 is 11.9 Å². The second kappa shape index (κ2) is 26.9. The summed E-state index contributed by atoms with van der Waals surface area (Å²) in [6.45, 7) is 13.7. The Bertz CT molecular complexity index is 317. The second-order valence-corrected chi connectivity index (χ2v) is 4.41. The molecule has 0 atom stereocenters. The smallest absolute Gasteiger partial charge is 0.344 e. The lowest BCUT2D eigenvalue weighted by molar-refractivity contribution is -0.147. The fourth-order valence-corrected chi connectivity index (χ4v) is 0.993. The van der Waals surface area contributed by atoms with Gasteiger partial charge in [0.1, 0.15) is 6.61 Å². The first kappa shape index (κ1) is 27.8. The summed E-state index contributed by atoms with van der Waals surface area (Å²) in [5.41, 5.74) is 0. The summed E-state index contributed by atoms with van der Waals surface area (Å²) in [5, 5.41) is 8.16. The Labute approximate surface area is 151 Å². The highest BCUT2D eigenvalue weighted by atomic mass is 16.6. The van der Waals surface area contributed by atoms with E-state index in [1.165, 1.54) is 12.5 Å². The Kier molecular flexibility index (Phi) is 29.9. The number of aliphatic hydroxyl groups is 1. The quantitative estimate of drug-likeness (QED) is 0.324. The summed E-state index contributed by atoms with van der Waals surface area (Å²) in [5.74, 6) is -0.873. The van der Waals surface area contributed by atoms with Crippen LogP contribution in [0.1, 0.15) is 46.5 Å². The number of esters is 2. The van der Waals surface area contributed by atoms with E-state index in [0.29, 0.717) is 13.2 Å². The van der Waals surface area contributed by atoms with Crippen LogP contribution in [-0.4, -0.2) is 50.1 Å². The molecule has 0 radical (unpaired) electrons. The molecule has 0 aromatic heterocycles. The highest BCUT2D eigenvalue weighted by Gasteiger charge is 1.99. The fraction of sp³-hybridized carbons (Fsp3) is 0.667. The molecule has 0 aliphatic heterocycles. The molecule has 0 aromatic rings. The SMILES string of the molecule is C=COCC.C=COCC(=O)OCCCC.CCCCOC(=O)CO. The van der Waals surface area contributed by atoms with Crippen molar-refractivity contribution in [1.82, 2.24) is 0 Å². The van der Waals surface area contributed by atoms with Crippen molar-refractivity contribution < 1.29 is 33.6 Å². The Morgan fingerprint density at radius 3 is 1.68 bits per heavy atom. The lowest BCUT2D eigenvalue weighted by atomic mass is 10.4. The van der Waals surface area contributed by atoms with Crippen molar-refractivity contribution in [2.24, 2.45) is 0 Å². The molecule has 25 heavy (non-hydrogen) atoms. The summed E-state index contributed by atoms with van der Waals surface area (Å²) in [7, 11) is 0. The van der Waals surface area contributed by atoms with E-state index in [1.807, 2.05) is 20.8 Å². The predicted molar refractivity (Wildman–Crippen MR) is 96.8 cm³/mol. The molecule has 0 spiro atoms. The van der Waals surface area contributed by atoms with Crippen LogP contribution in [0.15, 0.2) is 25.7 Å².